The van der Waals surface area contributed by atoms with Crippen LogP contribution in [0.5, 0.6) is 0 Å². The Morgan fingerprint density at radius 3 is 2.33 bits per heavy atom. The fourth-order valence-electron chi connectivity index (χ4n) is 2.33. The number of aromatic nitrogens is 2. The number of H-pyrrole nitrogens is 1. The molecular weight excluding hydrogens is 326 g/mol. The monoisotopic (exact) mass is 341 g/mol. The third kappa shape index (κ3) is 2.59. The van der Waals surface area contributed by atoms with Gasteiger partial charge >= 0.3 is 0 Å². The first-order valence-electron chi connectivity index (χ1n) is 6.73. The topological polar surface area (TPSA) is 54.7 Å². The van der Waals surface area contributed by atoms with Crippen molar-refractivity contribution in [2.24, 2.45) is 0 Å². The van der Waals surface area contributed by atoms with Crippen LogP contribution in [-0.2, 0) is 0 Å². The second kappa shape index (κ2) is 5.37. The molecule has 0 aliphatic carbocycles. The molecule has 21 heavy (non-hydrogen) atoms. The number of hydrogen-bond donors (Lipinski definition) is 2. The van der Waals surface area contributed by atoms with E-state index in [1.54, 1.807) is 0 Å². The van der Waals surface area contributed by atoms with E-state index in [0.29, 0.717) is 5.82 Å². The van der Waals surface area contributed by atoms with Crippen LogP contribution in [0.15, 0.2) is 46.9 Å². The molecule has 0 saturated carbocycles. The number of aromatic amines is 1. The van der Waals surface area contributed by atoms with E-state index < -0.39 is 0 Å². The maximum Gasteiger partial charge on any atom is 0.153 e. The zero-order chi connectivity index (χ0) is 15.0. The maximum absolute atomic E-state index is 6.06. The Morgan fingerprint density at radius 2 is 1.67 bits per heavy atom. The van der Waals surface area contributed by atoms with E-state index in [0.717, 1.165) is 26.9 Å². The Kier molecular flexibility index (Phi) is 3.55. The van der Waals surface area contributed by atoms with Crippen LogP contribution in [0.2, 0.25) is 0 Å². The van der Waals surface area contributed by atoms with Gasteiger partial charge in [-0.05, 0) is 31.0 Å². The van der Waals surface area contributed by atoms with Gasteiger partial charge in [-0.2, -0.15) is 5.10 Å². The Morgan fingerprint density at radius 1 is 1.00 bits per heavy atom. The minimum absolute atomic E-state index is 0.519. The average Bonchev–Trinajstić information content (AvgIpc) is 2.85. The number of nitrogen functional groups attached to an aromatic ring is 1. The summed E-state index contributed by atoms with van der Waals surface area (Å²) >= 11 is 3.57. The van der Waals surface area contributed by atoms with Crippen LogP contribution in [0.25, 0.3) is 22.4 Å². The second-order valence-corrected chi connectivity index (χ2v) is 6.04. The van der Waals surface area contributed by atoms with E-state index in [1.807, 2.05) is 0 Å². The van der Waals surface area contributed by atoms with Crippen molar-refractivity contribution in [1.29, 1.82) is 0 Å². The fraction of sp³-hybridized carbons (Fsp3) is 0.118. The number of rotatable bonds is 2. The number of aryl methyl sites for hydroxylation is 2. The summed E-state index contributed by atoms with van der Waals surface area (Å²) in [4.78, 5) is 0. The van der Waals surface area contributed by atoms with Gasteiger partial charge in [-0.15, -0.1) is 0 Å². The van der Waals surface area contributed by atoms with E-state index in [-0.39, 0.29) is 0 Å². The van der Waals surface area contributed by atoms with Crippen LogP contribution in [0.4, 0.5) is 5.82 Å². The predicted molar refractivity (Wildman–Crippen MR) is 91.0 cm³/mol. The quantitative estimate of drug-likeness (QED) is 0.709. The lowest BCUT2D eigenvalue weighted by molar-refractivity contribution is 1.10. The van der Waals surface area contributed by atoms with Gasteiger partial charge in [0.2, 0.25) is 0 Å². The van der Waals surface area contributed by atoms with Crippen molar-refractivity contribution >= 4 is 21.7 Å². The lowest BCUT2D eigenvalue weighted by Gasteiger charge is -2.07. The van der Waals surface area contributed by atoms with E-state index >= 15 is 0 Å². The fourth-order valence-corrected chi connectivity index (χ4v) is 2.70. The highest BCUT2D eigenvalue weighted by molar-refractivity contribution is 9.10. The number of anilines is 1. The Labute approximate surface area is 132 Å². The van der Waals surface area contributed by atoms with Gasteiger partial charge in [0.25, 0.3) is 0 Å². The predicted octanol–water partition coefficient (Wildman–Crippen LogP) is 4.71. The third-order valence-electron chi connectivity index (χ3n) is 3.60. The highest BCUT2D eigenvalue weighted by atomic mass is 79.9. The number of nitrogens with two attached hydrogens (primary N) is 1. The SMILES string of the molecule is Cc1ccc(-c2c(N)n[nH]c2-c2ccc(C)c(Br)c2)cc1. The van der Waals surface area contributed by atoms with Gasteiger partial charge in [-0.3, -0.25) is 5.10 Å². The van der Waals surface area contributed by atoms with Crippen LogP contribution in [0, 0.1) is 13.8 Å². The van der Waals surface area contributed by atoms with Crippen molar-refractivity contribution < 1.29 is 0 Å². The van der Waals surface area contributed by atoms with Gasteiger partial charge < -0.3 is 5.73 Å². The lowest BCUT2D eigenvalue weighted by Crippen LogP contribution is -1.89. The molecule has 0 amide bonds. The molecule has 1 heterocycles. The molecule has 0 radical (unpaired) electrons. The minimum Gasteiger partial charge on any atom is -0.382 e. The Balaban J connectivity index is 2.16. The van der Waals surface area contributed by atoms with Crippen molar-refractivity contribution in [1.82, 2.24) is 10.2 Å². The molecule has 3 N–H and O–H groups in total. The highest BCUT2D eigenvalue weighted by Gasteiger charge is 2.15. The molecule has 0 saturated heterocycles. The Hall–Kier alpha value is -2.07. The summed E-state index contributed by atoms with van der Waals surface area (Å²) in [6, 6.07) is 14.5. The van der Waals surface area contributed by atoms with Crippen LogP contribution in [-0.4, -0.2) is 10.2 Å². The normalized spacial score (nSPS) is 10.8. The summed E-state index contributed by atoms with van der Waals surface area (Å²) in [6.07, 6.45) is 0. The van der Waals surface area contributed by atoms with Gasteiger partial charge in [-0.1, -0.05) is 57.9 Å². The summed E-state index contributed by atoms with van der Waals surface area (Å²) in [7, 11) is 0. The van der Waals surface area contributed by atoms with Gasteiger partial charge in [0, 0.05) is 10.0 Å². The first-order valence-corrected chi connectivity index (χ1v) is 7.53. The highest BCUT2D eigenvalue weighted by Crippen LogP contribution is 2.36. The van der Waals surface area contributed by atoms with E-state index in [2.05, 4.69) is 82.4 Å². The second-order valence-electron chi connectivity index (χ2n) is 5.19. The van der Waals surface area contributed by atoms with Crippen molar-refractivity contribution in [3.8, 4) is 22.4 Å². The summed E-state index contributed by atoms with van der Waals surface area (Å²) in [5.74, 6) is 0.519. The van der Waals surface area contributed by atoms with Crippen LogP contribution < -0.4 is 5.73 Å². The summed E-state index contributed by atoms with van der Waals surface area (Å²) < 4.78 is 1.07. The Bertz CT molecular complexity index is 788. The van der Waals surface area contributed by atoms with E-state index in [4.69, 9.17) is 5.73 Å². The largest absolute Gasteiger partial charge is 0.382 e. The lowest BCUT2D eigenvalue weighted by atomic mass is 9.99. The molecule has 106 valence electrons. The molecule has 3 nitrogen and oxygen atoms in total. The van der Waals surface area contributed by atoms with Crippen LogP contribution in [0.3, 0.4) is 0 Å². The molecule has 3 rings (SSSR count). The molecule has 3 aromatic rings. The molecule has 0 unspecified atom stereocenters. The molecule has 0 atom stereocenters. The first-order chi connectivity index (χ1) is 10.1. The molecule has 0 spiro atoms. The van der Waals surface area contributed by atoms with E-state index in [9.17, 15) is 0 Å². The van der Waals surface area contributed by atoms with Gasteiger partial charge in [-0.25, -0.2) is 0 Å². The molecule has 0 bridgehead atoms. The number of nitrogens with zero attached hydrogens (tertiary/aromatic N) is 1. The summed E-state index contributed by atoms with van der Waals surface area (Å²) in [6.45, 7) is 4.14. The van der Waals surface area contributed by atoms with Crippen molar-refractivity contribution in [3.63, 3.8) is 0 Å². The zero-order valence-corrected chi connectivity index (χ0v) is 13.5. The smallest absolute Gasteiger partial charge is 0.153 e. The van der Waals surface area contributed by atoms with Gasteiger partial charge in [0.15, 0.2) is 5.82 Å². The number of nitrogens with one attached hydrogen (secondary N) is 1. The first kappa shape index (κ1) is 13.9. The van der Waals surface area contributed by atoms with Crippen molar-refractivity contribution in [2.45, 2.75) is 13.8 Å². The molecule has 0 aliphatic heterocycles. The summed E-state index contributed by atoms with van der Waals surface area (Å²) in [5, 5.41) is 7.24. The van der Waals surface area contributed by atoms with Gasteiger partial charge in [0.05, 0.1) is 11.3 Å². The van der Waals surface area contributed by atoms with Crippen molar-refractivity contribution in [2.75, 3.05) is 5.73 Å². The molecule has 2 aromatic carbocycles. The maximum atomic E-state index is 6.06. The third-order valence-corrected chi connectivity index (χ3v) is 4.45. The van der Waals surface area contributed by atoms with Gasteiger partial charge in [0.1, 0.15) is 0 Å². The molecule has 0 fully saturated rings. The molecule has 4 heteroatoms. The van der Waals surface area contributed by atoms with Crippen LogP contribution in [0.1, 0.15) is 11.1 Å². The standard InChI is InChI=1S/C17H16BrN3/c1-10-3-6-12(7-4-10)15-16(20-21-17(15)19)13-8-5-11(2)14(18)9-13/h3-9H,1-2H3,(H3,19,20,21). The molecule has 0 aliphatic rings. The minimum atomic E-state index is 0.519. The average molecular weight is 342 g/mol. The number of hydrogen-bond acceptors (Lipinski definition) is 2. The molecule has 1 aromatic heterocycles. The van der Waals surface area contributed by atoms with E-state index in [1.165, 1.54) is 11.1 Å². The number of halogens is 1. The zero-order valence-electron chi connectivity index (χ0n) is 11.9. The van der Waals surface area contributed by atoms with Crippen molar-refractivity contribution in [3.05, 3.63) is 58.1 Å². The van der Waals surface area contributed by atoms with Crippen LogP contribution >= 0.6 is 15.9 Å². The number of benzene rings is 2. The molecular formula is C17H16BrN3. The summed E-state index contributed by atoms with van der Waals surface area (Å²) in [5.41, 5.74) is 12.5.